The Bertz CT molecular complexity index is 707. The average molecular weight is 320 g/mol. The number of amides is 1. The second-order valence-corrected chi connectivity index (χ2v) is 6.63. The highest BCUT2D eigenvalue weighted by molar-refractivity contribution is 7.18. The molecule has 7 heteroatoms. The van der Waals surface area contributed by atoms with Crippen LogP contribution >= 0.6 is 11.3 Å². The van der Waals surface area contributed by atoms with Crippen LogP contribution in [-0.4, -0.2) is 53.6 Å². The first kappa shape index (κ1) is 15.2. The van der Waals surface area contributed by atoms with Crippen molar-refractivity contribution in [2.45, 2.75) is 20.8 Å². The van der Waals surface area contributed by atoms with E-state index in [0.29, 0.717) is 26.3 Å². The maximum Gasteiger partial charge on any atom is 0.242 e. The molecule has 22 heavy (non-hydrogen) atoms. The van der Waals surface area contributed by atoms with Crippen molar-refractivity contribution in [2.75, 3.05) is 38.2 Å². The minimum atomic E-state index is 0.0809. The molecule has 0 unspecified atom stereocenters. The van der Waals surface area contributed by atoms with Crippen LogP contribution in [0.15, 0.2) is 0 Å². The van der Waals surface area contributed by atoms with Crippen LogP contribution in [0.25, 0.3) is 10.2 Å². The number of aromatic nitrogens is 2. The summed E-state index contributed by atoms with van der Waals surface area (Å²) in [5.41, 5.74) is 1.18. The summed E-state index contributed by atoms with van der Waals surface area (Å²) in [6.45, 7) is 8.84. The number of fused-ring (bicyclic) bond motifs is 1. The van der Waals surface area contributed by atoms with E-state index in [9.17, 15) is 4.79 Å². The zero-order valence-corrected chi connectivity index (χ0v) is 13.9. The normalized spacial score (nSPS) is 15.3. The van der Waals surface area contributed by atoms with Crippen LogP contribution in [0.1, 0.15) is 16.3 Å². The van der Waals surface area contributed by atoms with Gasteiger partial charge >= 0.3 is 0 Å². The Kier molecular flexibility index (Phi) is 4.26. The highest BCUT2D eigenvalue weighted by Gasteiger charge is 2.18. The summed E-state index contributed by atoms with van der Waals surface area (Å²) in [5, 5.41) is 4.23. The van der Waals surface area contributed by atoms with E-state index in [0.717, 1.165) is 21.9 Å². The fourth-order valence-electron chi connectivity index (χ4n) is 2.57. The van der Waals surface area contributed by atoms with Gasteiger partial charge in [-0.15, -0.1) is 11.3 Å². The summed E-state index contributed by atoms with van der Waals surface area (Å²) in [5.74, 6) is 1.55. The molecule has 1 aliphatic heterocycles. The van der Waals surface area contributed by atoms with Gasteiger partial charge in [0.05, 0.1) is 25.1 Å². The molecule has 0 radical (unpaired) electrons. The van der Waals surface area contributed by atoms with Crippen molar-refractivity contribution in [3.63, 3.8) is 0 Å². The molecule has 3 rings (SSSR count). The Labute approximate surface area is 133 Å². The highest BCUT2D eigenvalue weighted by atomic mass is 32.1. The largest absolute Gasteiger partial charge is 0.378 e. The lowest BCUT2D eigenvalue weighted by atomic mass is 10.2. The number of carbonyl (C=O) groups excluding carboxylic acids is 1. The number of carbonyl (C=O) groups is 1. The SMILES string of the molecule is Cc1nc(NCC(=O)N2CCOCC2)c2c(C)c(C)sc2n1. The van der Waals surface area contributed by atoms with E-state index in [1.54, 1.807) is 11.3 Å². The Morgan fingerprint density at radius 3 is 2.73 bits per heavy atom. The monoisotopic (exact) mass is 320 g/mol. The van der Waals surface area contributed by atoms with E-state index >= 15 is 0 Å². The zero-order chi connectivity index (χ0) is 15.7. The van der Waals surface area contributed by atoms with Crippen molar-refractivity contribution in [1.82, 2.24) is 14.9 Å². The number of thiophene rings is 1. The highest BCUT2D eigenvalue weighted by Crippen LogP contribution is 2.33. The summed E-state index contributed by atoms with van der Waals surface area (Å²) < 4.78 is 5.27. The average Bonchev–Trinajstić information content (AvgIpc) is 2.80. The fourth-order valence-corrected chi connectivity index (χ4v) is 3.64. The molecular weight excluding hydrogens is 300 g/mol. The maximum absolute atomic E-state index is 12.2. The number of ether oxygens (including phenoxy) is 1. The Balaban J connectivity index is 1.80. The van der Waals surface area contributed by atoms with Crippen LogP contribution in [0.4, 0.5) is 5.82 Å². The van der Waals surface area contributed by atoms with Gasteiger partial charge in [0, 0.05) is 18.0 Å². The van der Waals surface area contributed by atoms with Crippen molar-refractivity contribution in [2.24, 2.45) is 0 Å². The lowest BCUT2D eigenvalue weighted by molar-refractivity contribution is -0.133. The molecule has 0 aliphatic carbocycles. The molecule has 2 aromatic heterocycles. The number of aryl methyl sites for hydroxylation is 3. The second kappa shape index (κ2) is 6.18. The molecule has 1 saturated heterocycles. The van der Waals surface area contributed by atoms with Gasteiger partial charge in [0.2, 0.25) is 5.91 Å². The molecule has 1 fully saturated rings. The van der Waals surface area contributed by atoms with Crippen molar-refractivity contribution >= 4 is 33.3 Å². The molecule has 0 saturated carbocycles. The summed E-state index contributed by atoms with van der Waals surface area (Å²) >= 11 is 1.67. The van der Waals surface area contributed by atoms with Gasteiger partial charge in [-0.1, -0.05) is 0 Å². The predicted molar refractivity (Wildman–Crippen MR) is 87.5 cm³/mol. The van der Waals surface area contributed by atoms with Crippen molar-refractivity contribution in [3.8, 4) is 0 Å². The van der Waals surface area contributed by atoms with Crippen molar-refractivity contribution < 1.29 is 9.53 Å². The van der Waals surface area contributed by atoms with Gasteiger partial charge in [0.15, 0.2) is 0 Å². The molecule has 1 amide bonds. The van der Waals surface area contributed by atoms with E-state index in [1.165, 1.54) is 10.4 Å². The van der Waals surface area contributed by atoms with Crippen LogP contribution in [0.3, 0.4) is 0 Å². The maximum atomic E-state index is 12.2. The quantitative estimate of drug-likeness (QED) is 0.935. The number of rotatable bonds is 3. The predicted octanol–water partition coefficient (Wildman–Crippen LogP) is 1.89. The standard InChI is InChI=1S/C15H20N4O2S/c1-9-10(2)22-15-13(9)14(17-11(3)18-15)16-8-12(20)19-4-6-21-7-5-19/h4-8H2,1-3H3,(H,16,17,18). The molecule has 2 aromatic rings. The number of hydrogen-bond acceptors (Lipinski definition) is 6. The van der Waals surface area contributed by atoms with E-state index in [4.69, 9.17) is 4.74 Å². The fraction of sp³-hybridized carbons (Fsp3) is 0.533. The molecule has 0 aromatic carbocycles. The Hall–Kier alpha value is -1.73. The smallest absolute Gasteiger partial charge is 0.242 e. The molecule has 1 aliphatic rings. The third kappa shape index (κ3) is 2.91. The summed E-state index contributed by atoms with van der Waals surface area (Å²) in [6.07, 6.45) is 0. The molecule has 0 bridgehead atoms. The van der Waals surface area contributed by atoms with Gasteiger partial charge in [0.1, 0.15) is 16.5 Å². The van der Waals surface area contributed by atoms with Gasteiger partial charge in [-0.2, -0.15) is 0 Å². The third-order valence-electron chi connectivity index (χ3n) is 3.91. The minimum absolute atomic E-state index is 0.0809. The molecule has 0 spiro atoms. The van der Waals surface area contributed by atoms with Crippen LogP contribution in [0, 0.1) is 20.8 Å². The number of anilines is 1. The molecule has 6 nitrogen and oxygen atoms in total. The van der Waals surface area contributed by atoms with Gasteiger partial charge in [-0.25, -0.2) is 9.97 Å². The van der Waals surface area contributed by atoms with Gasteiger partial charge in [-0.3, -0.25) is 4.79 Å². The van der Waals surface area contributed by atoms with E-state index in [1.807, 2.05) is 11.8 Å². The van der Waals surface area contributed by atoms with Crippen molar-refractivity contribution in [1.29, 1.82) is 0 Å². The molecule has 3 heterocycles. The van der Waals surface area contributed by atoms with E-state index in [-0.39, 0.29) is 12.5 Å². The number of hydrogen-bond donors (Lipinski definition) is 1. The number of nitrogens with one attached hydrogen (secondary N) is 1. The topological polar surface area (TPSA) is 67.4 Å². The lowest BCUT2D eigenvalue weighted by Gasteiger charge is -2.27. The second-order valence-electron chi connectivity index (χ2n) is 5.43. The van der Waals surface area contributed by atoms with Crippen molar-refractivity contribution in [3.05, 3.63) is 16.3 Å². The third-order valence-corrected chi connectivity index (χ3v) is 5.01. The first-order chi connectivity index (χ1) is 10.6. The molecule has 118 valence electrons. The van der Waals surface area contributed by atoms with Crippen LogP contribution in [0.2, 0.25) is 0 Å². The van der Waals surface area contributed by atoms with Gasteiger partial charge in [0.25, 0.3) is 0 Å². The molecular formula is C15H20N4O2S. The van der Waals surface area contributed by atoms with E-state index in [2.05, 4.69) is 29.1 Å². The molecule has 1 N–H and O–H groups in total. The molecule has 0 atom stereocenters. The minimum Gasteiger partial charge on any atom is -0.378 e. The Morgan fingerprint density at radius 1 is 1.27 bits per heavy atom. The van der Waals surface area contributed by atoms with Gasteiger partial charge < -0.3 is 15.0 Å². The van der Waals surface area contributed by atoms with Gasteiger partial charge in [-0.05, 0) is 26.3 Å². The van der Waals surface area contributed by atoms with Crippen LogP contribution < -0.4 is 5.32 Å². The summed E-state index contributed by atoms with van der Waals surface area (Å²) in [4.78, 5) is 25.3. The summed E-state index contributed by atoms with van der Waals surface area (Å²) in [7, 11) is 0. The summed E-state index contributed by atoms with van der Waals surface area (Å²) in [6, 6.07) is 0. The number of nitrogens with zero attached hydrogens (tertiary/aromatic N) is 3. The first-order valence-electron chi connectivity index (χ1n) is 7.40. The zero-order valence-electron chi connectivity index (χ0n) is 13.1. The Morgan fingerprint density at radius 2 is 2.00 bits per heavy atom. The number of morpholine rings is 1. The van der Waals surface area contributed by atoms with Crippen LogP contribution in [0.5, 0.6) is 0 Å². The van der Waals surface area contributed by atoms with E-state index < -0.39 is 0 Å². The first-order valence-corrected chi connectivity index (χ1v) is 8.21. The van der Waals surface area contributed by atoms with Crippen LogP contribution in [-0.2, 0) is 9.53 Å². The lowest BCUT2D eigenvalue weighted by Crippen LogP contribution is -2.43.